The third-order valence-corrected chi connectivity index (χ3v) is 4.25. The molecule has 0 saturated carbocycles. The summed E-state index contributed by atoms with van der Waals surface area (Å²) in [6.07, 6.45) is 5.03. The van der Waals surface area contributed by atoms with E-state index in [4.69, 9.17) is 4.74 Å². The molecular formula is C17H23N5O2. The van der Waals surface area contributed by atoms with Crippen molar-refractivity contribution in [1.29, 1.82) is 0 Å². The Morgan fingerprint density at radius 2 is 2.29 bits per heavy atom. The summed E-state index contributed by atoms with van der Waals surface area (Å²) in [6, 6.07) is 3.89. The van der Waals surface area contributed by atoms with Crippen LogP contribution in [0.25, 0.3) is 0 Å². The van der Waals surface area contributed by atoms with E-state index in [0.29, 0.717) is 19.7 Å². The number of carbonyl (C=O) groups is 1. The zero-order valence-corrected chi connectivity index (χ0v) is 14.2. The van der Waals surface area contributed by atoms with Crippen molar-refractivity contribution in [3.63, 3.8) is 0 Å². The molecule has 1 aliphatic rings. The first kappa shape index (κ1) is 16.6. The molecule has 2 aromatic rings. The molecule has 3 heterocycles. The van der Waals surface area contributed by atoms with Gasteiger partial charge in [-0.05, 0) is 38.8 Å². The van der Waals surface area contributed by atoms with Gasteiger partial charge in [0, 0.05) is 30.7 Å². The zero-order chi connectivity index (χ0) is 16.9. The number of amides is 1. The van der Waals surface area contributed by atoms with Crippen molar-refractivity contribution in [3.05, 3.63) is 41.7 Å². The van der Waals surface area contributed by atoms with Crippen molar-refractivity contribution in [2.45, 2.75) is 39.3 Å². The lowest BCUT2D eigenvalue weighted by molar-refractivity contribution is -0.139. The largest absolute Gasteiger partial charge is 0.375 e. The Balaban J connectivity index is 1.53. The molecule has 1 fully saturated rings. The van der Waals surface area contributed by atoms with E-state index in [1.54, 1.807) is 17.2 Å². The van der Waals surface area contributed by atoms with Crippen LogP contribution in [0, 0.1) is 13.8 Å². The van der Waals surface area contributed by atoms with Crippen molar-refractivity contribution in [1.82, 2.24) is 24.6 Å². The van der Waals surface area contributed by atoms with Crippen molar-refractivity contribution in [2.75, 3.05) is 19.7 Å². The molecule has 7 heteroatoms. The van der Waals surface area contributed by atoms with Crippen molar-refractivity contribution < 1.29 is 9.53 Å². The Labute approximate surface area is 141 Å². The highest BCUT2D eigenvalue weighted by Gasteiger charge is 2.24. The van der Waals surface area contributed by atoms with E-state index in [0.717, 1.165) is 29.9 Å². The van der Waals surface area contributed by atoms with E-state index < -0.39 is 0 Å². The van der Waals surface area contributed by atoms with Crippen LogP contribution in [-0.4, -0.2) is 56.4 Å². The summed E-state index contributed by atoms with van der Waals surface area (Å²) in [5.74, 6) is 0.0940. The minimum Gasteiger partial charge on any atom is -0.375 e. The van der Waals surface area contributed by atoms with Gasteiger partial charge in [0.1, 0.15) is 12.9 Å². The fourth-order valence-electron chi connectivity index (χ4n) is 2.96. The summed E-state index contributed by atoms with van der Waals surface area (Å²) < 4.78 is 7.57. The number of hydrogen-bond acceptors (Lipinski definition) is 5. The number of aryl methyl sites for hydroxylation is 3. The highest BCUT2D eigenvalue weighted by Crippen LogP contribution is 2.12. The SMILES string of the molecule is Cc1cc(C)n(CC(=O)N2CCO[C@@H](CCc3ccncn3)C2)n1. The van der Waals surface area contributed by atoms with E-state index in [1.807, 2.05) is 30.9 Å². The van der Waals surface area contributed by atoms with E-state index in [2.05, 4.69) is 15.1 Å². The molecule has 2 aromatic heterocycles. The number of nitrogens with zero attached hydrogens (tertiary/aromatic N) is 5. The molecule has 128 valence electrons. The first-order valence-corrected chi connectivity index (χ1v) is 8.27. The lowest BCUT2D eigenvalue weighted by Crippen LogP contribution is -2.47. The van der Waals surface area contributed by atoms with Crippen LogP contribution in [0.3, 0.4) is 0 Å². The van der Waals surface area contributed by atoms with Gasteiger partial charge in [0.15, 0.2) is 0 Å². The van der Waals surface area contributed by atoms with Crippen molar-refractivity contribution in [3.8, 4) is 0 Å². The number of carbonyl (C=O) groups excluding carboxylic acids is 1. The number of ether oxygens (including phenoxy) is 1. The van der Waals surface area contributed by atoms with Gasteiger partial charge in [-0.1, -0.05) is 0 Å². The predicted octanol–water partition coefficient (Wildman–Crippen LogP) is 1.15. The second kappa shape index (κ2) is 7.53. The summed E-state index contributed by atoms with van der Waals surface area (Å²) in [5, 5.41) is 4.36. The smallest absolute Gasteiger partial charge is 0.244 e. The molecule has 3 rings (SSSR count). The normalized spacial score (nSPS) is 17.9. The standard InChI is InChI=1S/C17H23N5O2/c1-13-9-14(2)22(20-13)11-17(23)21-7-8-24-16(10-21)4-3-15-5-6-18-12-19-15/h5-6,9,12,16H,3-4,7-8,10-11H2,1-2H3/t16-/m0/s1. The van der Waals surface area contributed by atoms with E-state index >= 15 is 0 Å². The van der Waals surface area contributed by atoms with Crippen LogP contribution in [0.1, 0.15) is 23.5 Å². The maximum absolute atomic E-state index is 12.5. The lowest BCUT2D eigenvalue weighted by Gasteiger charge is -2.33. The molecule has 0 aliphatic carbocycles. The molecule has 0 aromatic carbocycles. The van der Waals surface area contributed by atoms with Crippen LogP contribution >= 0.6 is 0 Å². The molecule has 0 radical (unpaired) electrons. The van der Waals surface area contributed by atoms with Crippen molar-refractivity contribution in [2.24, 2.45) is 0 Å². The molecule has 0 bridgehead atoms. The fraction of sp³-hybridized carbons (Fsp3) is 0.529. The molecule has 0 N–H and O–H groups in total. The Bertz CT molecular complexity index is 686. The first-order chi connectivity index (χ1) is 11.6. The van der Waals surface area contributed by atoms with E-state index in [1.165, 1.54) is 0 Å². The third-order valence-electron chi connectivity index (χ3n) is 4.25. The van der Waals surface area contributed by atoms with Gasteiger partial charge in [-0.25, -0.2) is 9.97 Å². The lowest BCUT2D eigenvalue weighted by atomic mass is 10.1. The Hall–Kier alpha value is -2.28. The zero-order valence-electron chi connectivity index (χ0n) is 14.2. The van der Waals surface area contributed by atoms with Crippen molar-refractivity contribution >= 4 is 5.91 Å². The molecule has 1 atom stereocenters. The summed E-state index contributed by atoms with van der Waals surface area (Å²) in [6.45, 7) is 6.05. The highest BCUT2D eigenvalue weighted by atomic mass is 16.5. The molecule has 0 unspecified atom stereocenters. The van der Waals surface area contributed by atoms with Gasteiger partial charge < -0.3 is 9.64 Å². The number of hydrogen-bond donors (Lipinski definition) is 0. The molecule has 1 saturated heterocycles. The van der Waals surface area contributed by atoms with Gasteiger partial charge in [-0.2, -0.15) is 5.10 Å². The molecule has 7 nitrogen and oxygen atoms in total. The Morgan fingerprint density at radius 3 is 3.00 bits per heavy atom. The molecular weight excluding hydrogens is 306 g/mol. The topological polar surface area (TPSA) is 73.1 Å². The third kappa shape index (κ3) is 4.17. The minimum absolute atomic E-state index is 0.0538. The van der Waals surface area contributed by atoms with Gasteiger partial charge in [0.05, 0.1) is 18.4 Å². The number of morpholine rings is 1. The second-order valence-electron chi connectivity index (χ2n) is 6.16. The van der Waals surface area contributed by atoms with Gasteiger partial charge in [-0.3, -0.25) is 9.48 Å². The molecule has 1 amide bonds. The average molecular weight is 329 g/mol. The van der Waals surface area contributed by atoms with E-state index in [9.17, 15) is 4.79 Å². The van der Waals surface area contributed by atoms with Crippen LogP contribution in [0.2, 0.25) is 0 Å². The maximum atomic E-state index is 12.5. The second-order valence-corrected chi connectivity index (χ2v) is 6.16. The Morgan fingerprint density at radius 1 is 1.42 bits per heavy atom. The summed E-state index contributed by atoms with van der Waals surface area (Å²) >= 11 is 0. The van der Waals surface area contributed by atoms with Gasteiger partial charge in [0.25, 0.3) is 0 Å². The predicted molar refractivity (Wildman–Crippen MR) is 88.4 cm³/mol. The van der Waals surface area contributed by atoms with Gasteiger partial charge in [0.2, 0.25) is 5.91 Å². The molecule has 1 aliphatic heterocycles. The Kier molecular flexibility index (Phi) is 5.20. The quantitative estimate of drug-likeness (QED) is 0.823. The first-order valence-electron chi connectivity index (χ1n) is 8.27. The average Bonchev–Trinajstić information content (AvgIpc) is 2.91. The highest BCUT2D eigenvalue weighted by molar-refractivity contribution is 5.76. The summed E-state index contributed by atoms with van der Waals surface area (Å²) in [5.41, 5.74) is 2.94. The van der Waals surface area contributed by atoms with Gasteiger partial charge >= 0.3 is 0 Å². The van der Waals surface area contributed by atoms with E-state index in [-0.39, 0.29) is 18.6 Å². The monoisotopic (exact) mass is 329 g/mol. The summed E-state index contributed by atoms with van der Waals surface area (Å²) in [4.78, 5) is 22.6. The maximum Gasteiger partial charge on any atom is 0.244 e. The van der Waals surface area contributed by atoms with Gasteiger partial charge in [-0.15, -0.1) is 0 Å². The fourth-order valence-corrected chi connectivity index (χ4v) is 2.96. The van der Waals surface area contributed by atoms with Crippen LogP contribution < -0.4 is 0 Å². The number of aromatic nitrogens is 4. The van der Waals surface area contributed by atoms with Crippen LogP contribution in [0.15, 0.2) is 24.7 Å². The molecule has 24 heavy (non-hydrogen) atoms. The van der Waals surface area contributed by atoms with Crippen LogP contribution in [0.4, 0.5) is 0 Å². The summed E-state index contributed by atoms with van der Waals surface area (Å²) in [7, 11) is 0. The minimum atomic E-state index is 0.0538. The number of rotatable bonds is 5. The van der Waals surface area contributed by atoms with Crippen LogP contribution in [-0.2, 0) is 22.5 Å². The van der Waals surface area contributed by atoms with Crippen LogP contribution in [0.5, 0.6) is 0 Å². The molecule has 0 spiro atoms.